The van der Waals surface area contributed by atoms with Gasteiger partial charge in [-0.15, -0.1) is 12.4 Å². The minimum Gasteiger partial charge on any atom is -0.326 e. The maximum atomic E-state index is 11.7. The lowest BCUT2D eigenvalue weighted by atomic mass is 10.2. The molecular formula is C14H20ClN5OS. The third kappa shape index (κ3) is 5.32. The quantitative estimate of drug-likeness (QED) is 0.672. The van der Waals surface area contributed by atoms with E-state index in [0.717, 1.165) is 23.4 Å². The lowest BCUT2D eigenvalue weighted by molar-refractivity contribution is -0.116. The van der Waals surface area contributed by atoms with E-state index in [1.54, 1.807) is 11.8 Å². The minimum absolute atomic E-state index is 0. The number of nitrogens with one attached hydrogen (secondary N) is 2. The van der Waals surface area contributed by atoms with Gasteiger partial charge in [0, 0.05) is 17.7 Å². The highest BCUT2D eigenvalue weighted by molar-refractivity contribution is 7.98. The maximum absolute atomic E-state index is 11.7. The average molecular weight is 342 g/mol. The predicted octanol–water partition coefficient (Wildman–Crippen LogP) is 2.43. The molecule has 2 rings (SSSR count). The third-order valence-electron chi connectivity index (χ3n) is 2.90. The van der Waals surface area contributed by atoms with Gasteiger partial charge in [0.25, 0.3) is 0 Å². The third-order valence-corrected chi connectivity index (χ3v) is 3.60. The molecule has 0 fully saturated rings. The Kier molecular flexibility index (Phi) is 7.94. The van der Waals surface area contributed by atoms with Gasteiger partial charge in [0.1, 0.15) is 5.82 Å². The summed E-state index contributed by atoms with van der Waals surface area (Å²) in [6.07, 6.45) is 3.48. The molecule has 0 saturated heterocycles. The maximum Gasteiger partial charge on any atom is 0.224 e. The number of carbonyl (C=O) groups is 1. The molecule has 2 aromatic rings. The summed E-state index contributed by atoms with van der Waals surface area (Å²) in [6.45, 7) is 0.331. The van der Waals surface area contributed by atoms with Crippen LogP contribution in [0.4, 0.5) is 5.69 Å². The molecule has 1 heterocycles. The lowest BCUT2D eigenvalue weighted by Crippen LogP contribution is -2.11. The molecule has 0 saturated carbocycles. The van der Waals surface area contributed by atoms with Gasteiger partial charge in [0.2, 0.25) is 5.91 Å². The van der Waals surface area contributed by atoms with Crippen LogP contribution in [0, 0.1) is 0 Å². The van der Waals surface area contributed by atoms with Gasteiger partial charge in [-0.05, 0) is 42.7 Å². The molecule has 6 nitrogen and oxygen atoms in total. The fourth-order valence-corrected chi connectivity index (χ4v) is 2.25. The van der Waals surface area contributed by atoms with Gasteiger partial charge in [-0.1, -0.05) is 0 Å². The van der Waals surface area contributed by atoms with Crippen molar-refractivity contribution < 1.29 is 4.79 Å². The zero-order chi connectivity index (χ0) is 15.1. The first-order valence-corrected chi connectivity index (χ1v) is 8.13. The van der Waals surface area contributed by atoms with E-state index in [2.05, 4.69) is 20.5 Å². The number of nitrogens with zero attached hydrogens (tertiary/aromatic N) is 2. The van der Waals surface area contributed by atoms with Gasteiger partial charge in [0.15, 0.2) is 5.82 Å². The Morgan fingerprint density at radius 3 is 2.68 bits per heavy atom. The standard InChI is InChI=1S/C14H19N5OS.ClH/c1-21-8-2-3-13(20)16-11-6-4-10(5-7-11)14-17-12(9-15)18-19-14;/h4-7H,2-3,8-9,15H2,1H3,(H,16,20)(H,17,18,19);1H. The first-order valence-electron chi connectivity index (χ1n) is 6.73. The van der Waals surface area contributed by atoms with Crippen LogP contribution >= 0.6 is 24.2 Å². The van der Waals surface area contributed by atoms with Gasteiger partial charge in [0.05, 0.1) is 6.54 Å². The topological polar surface area (TPSA) is 96.7 Å². The molecule has 120 valence electrons. The Labute approximate surface area is 140 Å². The molecule has 8 heteroatoms. The summed E-state index contributed by atoms with van der Waals surface area (Å²) < 4.78 is 0. The zero-order valence-electron chi connectivity index (χ0n) is 12.3. The molecule has 1 aromatic heterocycles. The van der Waals surface area contributed by atoms with Crippen LogP contribution in [0.15, 0.2) is 24.3 Å². The molecule has 0 radical (unpaired) electrons. The van der Waals surface area contributed by atoms with E-state index >= 15 is 0 Å². The number of carbonyl (C=O) groups excluding carboxylic acids is 1. The highest BCUT2D eigenvalue weighted by Gasteiger charge is 2.06. The lowest BCUT2D eigenvalue weighted by Gasteiger charge is -2.05. The van der Waals surface area contributed by atoms with Crippen LogP contribution in [0.5, 0.6) is 0 Å². The molecule has 4 N–H and O–H groups in total. The largest absolute Gasteiger partial charge is 0.326 e. The fraction of sp³-hybridized carbons (Fsp3) is 0.357. The Morgan fingerprint density at radius 1 is 1.36 bits per heavy atom. The molecule has 0 aliphatic heterocycles. The number of hydrogen-bond acceptors (Lipinski definition) is 5. The van der Waals surface area contributed by atoms with Crippen molar-refractivity contribution in [2.45, 2.75) is 19.4 Å². The summed E-state index contributed by atoms with van der Waals surface area (Å²) in [5.74, 6) is 2.30. The highest BCUT2D eigenvalue weighted by Crippen LogP contribution is 2.18. The summed E-state index contributed by atoms with van der Waals surface area (Å²) in [6, 6.07) is 7.45. The Morgan fingerprint density at radius 2 is 2.09 bits per heavy atom. The molecule has 0 aliphatic rings. The summed E-state index contributed by atoms with van der Waals surface area (Å²) >= 11 is 1.75. The number of anilines is 1. The first kappa shape index (κ1) is 18.5. The second-order valence-corrected chi connectivity index (χ2v) is 5.52. The predicted molar refractivity (Wildman–Crippen MR) is 93.2 cm³/mol. The van der Waals surface area contributed by atoms with E-state index in [0.29, 0.717) is 24.6 Å². The number of amides is 1. The van der Waals surface area contributed by atoms with E-state index in [-0.39, 0.29) is 18.3 Å². The SMILES string of the molecule is CSCCCC(=O)Nc1ccc(-c2n[nH]c(CN)n2)cc1.Cl. The molecule has 0 aliphatic carbocycles. The van der Waals surface area contributed by atoms with Gasteiger partial charge in [-0.2, -0.15) is 16.9 Å². The van der Waals surface area contributed by atoms with Gasteiger partial charge in [-0.25, -0.2) is 4.98 Å². The van der Waals surface area contributed by atoms with Crippen molar-refractivity contribution in [3.05, 3.63) is 30.1 Å². The number of hydrogen-bond donors (Lipinski definition) is 3. The number of aromatic amines is 1. The summed E-state index contributed by atoms with van der Waals surface area (Å²) in [4.78, 5) is 16.0. The summed E-state index contributed by atoms with van der Waals surface area (Å²) in [7, 11) is 0. The molecule has 0 atom stereocenters. The minimum atomic E-state index is 0. The van der Waals surface area contributed by atoms with Gasteiger partial charge < -0.3 is 11.1 Å². The Balaban J connectivity index is 0.00000242. The van der Waals surface area contributed by atoms with Gasteiger partial charge >= 0.3 is 0 Å². The van der Waals surface area contributed by atoms with E-state index < -0.39 is 0 Å². The molecule has 22 heavy (non-hydrogen) atoms. The van der Waals surface area contributed by atoms with Crippen LogP contribution in [0.3, 0.4) is 0 Å². The number of aromatic nitrogens is 3. The highest BCUT2D eigenvalue weighted by atomic mass is 35.5. The number of rotatable bonds is 7. The average Bonchev–Trinajstić information content (AvgIpc) is 2.97. The monoisotopic (exact) mass is 341 g/mol. The first-order chi connectivity index (χ1) is 10.2. The Bertz CT molecular complexity index is 587. The van der Waals surface area contributed by atoms with E-state index in [1.165, 1.54) is 0 Å². The molecule has 0 spiro atoms. The van der Waals surface area contributed by atoms with Crippen molar-refractivity contribution >= 4 is 35.8 Å². The van der Waals surface area contributed by atoms with Crippen molar-refractivity contribution in [1.82, 2.24) is 15.2 Å². The number of halogens is 1. The Hall–Kier alpha value is -1.57. The summed E-state index contributed by atoms with van der Waals surface area (Å²) in [5.41, 5.74) is 7.15. The smallest absolute Gasteiger partial charge is 0.224 e. The van der Waals surface area contributed by atoms with E-state index in [1.807, 2.05) is 30.5 Å². The number of H-pyrrole nitrogens is 1. The van der Waals surface area contributed by atoms with Crippen molar-refractivity contribution in [2.75, 3.05) is 17.3 Å². The van der Waals surface area contributed by atoms with Crippen molar-refractivity contribution in [2.24, 2.45) is 5.73 Å². The van der Waals surface area contributed by atoms with Crippen molar-refractivity contribution in [3.63, 3.8) is 0 Å². The van der Waals surface area contributed by atoms with Crippen molar-refractivity contribution in [3.8, 4) is 11.4 Å². The van der Waals surface area contributed by atoms with Gasteiger partial charge in [-0.3, -0.25) is 9.89 Å². The normalized spacial score (nSPS) is 10.1. The molecule has 1 aromatic carbocycles. The van der Waals surface area contributed by atoms with Crippen LogP contribution in [-0.4, -0.2) is 33.1 Å². The van der Waals surface area contributed by atoms with Crippen LogP contribution in [0.25, 0.3) is 11.4 Å². The molecule has 0 bridgehead atoms. The zero-order valence-corrected chi connectivity index (χ0v) is 14.0. The number of benzene rings is 1. The van der Waals surface area contributed by atoms with Crippen LogP contribution < -0.4 is 11.1 Å². The molecule has 1 amide bonds. The van der Waals surface area contributed by atoms with Crippen LogP contribution in [0.2, 0.25) is 0 Å². The van der Waals surface area contributed by atoms with Crippen molar-refractivity contribution in [1.29, 1.82) is 0 Å². The molecular weight excluding hydrogens is 322 g/mol. The van der Waals surface area contributed by atoms with Crippen LogP contribution in [-0.2, 0) is 11.3 Å². The number of thioether (sulfide) groups is 1. The second kappa shape index (κ2) is 9.45. The number of nitrogens with two attached hydrogens (primary N) is 1. The van der Waals surface area contributed by atoms with E-state index in [9.17, 15) is 4.79 Å². The summed E-state index contributed by atoms with van der Waals surface area (Å²) in [5, 5.41) is 9.74. The second-order valence-electron chi connectivity index (χ2n) is 4.53. The van der Waals surface area contributed by atoms with Crippen LogP contribution in [0.1, 0.15) is 18.7 Å². The fourth-order valence-electron chi connectivity index (χ4n) is 1.82. The van der Waals surface area contributed by atoms with E-state index in [4.69, 9.17) is 5.73 Å². The molecule has 0 unspecified atom stereocenters.